The summed E-state index contributed by atoms with van der Waals surface area (Å²) in [4.78, 5) is 14.7. The van der Waals surface area contributed by atoms with Gasteiger partial charge in [0.05, 0.1) is 0 Å². The summed E-state index contributed by atoms with van der Waals surface area (Å²) in [6.07, 6.45) is 4.33. The van der Waals surface area contributed by atoms with Gasteiger partial charge in [-0.15, -0.1) is 0 Å². The van der Waals surface area contributed by atoms with Crippen molar-refractivity contribution in [3.05, 3.63) is 30.1 Å². The van der Waals surface area contributed by atoms with Gasteiger partial charge in [0.1, 0.15) is 5.65 Å². The number of hydrogen-bond donors (Lipinski definition) is 0. The Labute approximate surface area is 71.7 Å². The summed E-state index contributed by atoms with van der Waals surface area (Å²) in [6, 6.07) is 3.58. The van der Waals surface area contributed by atoms with Crippen LogP contribution in [0.2, 0.25) is 0 Å². The second-order valence-electron chi connectivity index (χ2n) is 2.48. The summed E-state index contributed by atoms with van der Waals surface area (Å²) < 4.78 is 1.81. The van der Waals surface area contributed by atoms with Crippen molar-refractivity contribution in [1.29, 1.82) is 0 Å². The van der Waals surface area contributed by atoms with Gasteiger partial charge in [0, 0.05) is 23.3 Å². The highest BCUT2D eigenvalue weighted by Crippen LogP contribution is 2.17. The third-order valence-corrected chi connectivity index (χ3v) is 2.19. The van der Waals surface area contributed by atoms with Gasteiger partial charge in [-0.05, 0) is 21.5 Å². The SMILES string of the molecule is O=Cc1ccnc2c1ccn2P. The van der Waals surface area contributed by atoms with Gasteiger partial charge < -0.3 is 4.34 Å². The maximum Gasteiger partial charge on any atom is 0.150 e. The number of pyridine rings is 1. The molecule has 0 aromatic carbocycles. The van der Waals surface area contributed by atoms with Gasteiger partial charge in [-0.2, -0.15) is 0 Å². The normalized spacial score (nSPS) is 10.4. The van der Waals surface area contributed by atoms with Gasteiger partial charge in [0.2, 0.25) is 0 Å². The number of fused-ring (bicyclic) bond motifs is 1. The number of aromatic nitrogens is 2. The minimum absolute atomic E-state index is 0.682. The maximum absolute atomic E-state index is 10.6. The van der Waals surface area contributed by atoms with Gasteiger partial charge in [-0.1, -0.05) is 0 Å². The standard InChI is InChI=1S/C8H7N2OP/c11-5-6-1-3-9-8-7(6)2-4-10(8)12/h1-5H,12H2. The van der Waals surface area contributed by atoms with Crippen LogP contribution in [0.1, 0.15) is 10.4 Å². The van der Waals surface area contributed by atoms with Crippen LogP contribution in [0.5, 0.6) is 0 Å². The molecule has 12 heavy (non-hydrogen) atoms. The van der Waals surface area contributed by atoms with Crippen LogP contribution in [0.15, 0.2) is 24.5 Å². The van der Waals surface area contributed by atoms with Crippen LogP contribution in [0.25, 0.3) is 11.0 Å². The van der Waals surface area contributed by atoms with Crippen molar-refractivity contribution in [3.8, 4) is 0 Å². The van der Waals surface area contributed by atoms with Crippen molar-refractivity contribution in [3.63, 3.8) is 0 Å². The topological polar surface area (TPSA) is 34.9 Å². The molecular formula is C8H7N2OP. The summed E-state index contributed by atoms with van der Waals surface area (Å²) in [6.45, 7) is 0. The van der Waals surface area contributed by atoms with Gasteiger partial charge >= 0.3 is 0 Å². The van der Waals surface area contributed by atoms with E-state index in [2.05, 4.69) is 14.4 Å². The Hall–Kier alpha value is -1.21. The fourth-order valence-corrected chi connectivity index (χ4v) is 1.47. The molecule has 60 valence electrons. The van der Waals surface area contributed by atoms with Crippen molar-refractivity contribution in [2.75, 3.05) is 0 Å². The number of carbonyl (C=O) groups excluding carboxylic acids is 1. The molecule has 2 heterocycles. The number of carbonyl (C=O) groups is 1. The van der Waals surface area contributed by atoms with Crippen LogP contribution in [-0.2, 0) is 0 Å². The van der Waals surface area contributed by atoms with E-state index in [-0.39, 0.29) is 0 Å². The van der Waals surface area contributed by atoms with E-state index in [1.54, 1.807) is 12.3 Å². The van der Waals surface area contributed by atoms with E-state index in [0.717, 1.165) is 17.3 Å². The van der Waals surface area contributed by atoms with Crippen LogP contribution in [-0.4, -0.2) is 15.6 Å². The van der Waals surface area contributed by atoms with Crippen LogP contribution < -0.4 is 0 Å². The molecule has 0 radical (unpaired) electrons. The second kappa shape index (κ2) is 2.68. The number of aldehydes is 1. The largest absolute Gasteiger partial charge is 0.317 e. The van der Waals surface area contributed by atoms with Crippen LogP contribution in [0, 0.1) is 0 Å². The van der Waals surface area contributed by atoms with Crippen molar-refractivity contribution in [1.82, 2.24) is 9.32 Å². The Morgan fingerprint density at radius 1 is 1.50 bits per heavy atom. The lowest BCUT2D eigenvalue weighted by Gasteiger charge is -1.94. The number of hydrogen-bond acceptors (Lipinski definition) is 2. The fourth-order valence-electron chi connectivity index (χ4n) is 1.18. The van der Waals surface area contributed by atoms with E-state index in [1.165, 1.54) is 0 Å². The molecule has 0 amide bonds. The van der Waals surface area contributed by atoms with Gasteiger partial charge in [-0.3, -0.25) is 4.79 Å². The first kappa shape index (κ1) is 7.44. The minimum Gasteiger partial charge on any atom is -0.317 e. The van der Waals surface area contributed by atoms with E-state index in [9.17, 15) is 4.79 Å². The molecule has 3 nitrogen and oxygen atoms in total. The molecule has 0 spiro atoms. The van der Waals surface area contributed by atoms with E-state index in [1.807, 2.05) is 16.6 Å². The van der Waals surface area contributed by atoms with E-state index in [4.69, 9.17) is 0 Å². The average Bonchev–Trinajstić information content (AvgIpc) is 2.48. The van der Waals surface area contributed by atoms with Gasteiger partial charge in [-0.25, -0.2) is 4.98 Å². The van der Waals surface area contributed by atoms with Crippen LogP contribution >= 0.6 is 9.39 Å². The molecule has 2 aromatic heterocycles. The zero-order valence-electron chi connectivity index (χ0n) is 6.27. The lowest BCUT2D eigenvalue weighted by atomic mass is 10.2. The molecule has 0 aliphatic carbocycles. The van der Waals surface area contributed by atoms with Crippen molar-refractivity contribution < 1.29 is 4.79 Å². The van der Waals surface area contributed by atoms with E-state index >= 15 is 0 Å². The third-order valence-electron chi connectivity index (χ3n) is 1.78. The summed E-state index contributed by atoms with van der Waals surface area (Å²) in [7, 11) is 2.51. The van der Waals surface area contributed by atoms with Crippen molar-refractivity contribution in [2.24, 2.45) is 0 Å². The summed E-state index contributed by atoms with van der Waals surface area (Å²) in [5.41, 5.74) is 1.49. The lowest BCUT2D eigenvalue weighted by Crippen LogP contribution is -1.85. The van der Waals surface area contributed by atoms with Crippen molar-refractivity contribution in [2.45, 2.75) is 0 Å². The van der Waals surface area contributed by atoms with Gasteiger partial charge in [0.25, 0.3) is 0 Å². The smallest absolute Gasteiger partial charge is 0.150 e. The predicted octanol–water partition coefficient (Wildman–Crippen LogP) is 1.49. The molecule has 0 saturated heterocycles. The quantitative estimate of drug-likeness (QED) is 0.489. The average molecular weight is 178 g/mol. The highest BCUT2D eigenvalue weighted by atomic mass is 31.0. The Kier molecular flexibility index (Phi) is 1.66. The predicted molar refractivity (Wildman–Crippen MR) is 50.2 cm³/mol. The molecule has 0 aliphatic heterocycles. The molecule has 0 bridgehead atoms. The molecule has 1 atom stereocenters. The van der Waals surface area contributed by atoms with E-state index in [0.29, 0.717) is 5.56 Å². The minimum atomic E-state index is 0.682. The molecule has 0 aliphatic rings. The molecule has 0 fully saturated rings. The maximum atomic E-state index is 10.6. The molecule has 2 aromatic rings. The molecular weight excluding hydrogens is 171 g/mol. The van der Waals surface area contributed by atoms with Gasteiger partial charge in [0.15, 0.2) is 6.29 Å². The molecule has 0 saturated carbocycles. The first-order valence-electron chi connectivity index (χ1n) is 3.49. The second-order valence-corrected chi connectivity index (χ2v) is 3.03. The summed E-state index contributed by atoms with van der Waals surface area (Å²) in [5.74, 6) is 0. The number of nitrogens with zero attached hydrogens (tertiary/aromatic N) is 2. The molecule has 2 rings (SSSR count). The Morgan fingerprint density at radius 3 is 3.08 bits per heavy atom. The third kappa shape index (κ3) is 0.942. The van der Waals surface area contributed by atoms with Crippen molar-refractivity contribution >= 4 is 26.7 Å². The lowest BCUT2D eigenvalue weighted by molar-refractivity contribution is 0.112. The first-order valence-corrected chi connectivity index (χ1v) is 4.01. The summed E-state index contributed by atoms with van der Waals surface area (Å²) >= 11 is 0. The molecule has 0 N–H and O–H groups in total. The number of rotatable bonds is 1. The monoisotopic (exact) mass is 178 g/mol. The fraction of sp³-hybridized carbons (Fsp3) is 0. The summed E-state index contributed by atoms with van der Waals surface area (Å²) in [5, 5.41) is 0.891. The highest BCUT2D eigenvalue weighted by Gasteiger charge is 2.02. The molecule has 1 unspecified atom stereocenters. The highest BCUT2D eigenvalue weighted by molar-refractivity contribution is 7.14. The Balaban J connectivity index is 2.89. The Morgan fingerprint density at radius 2 is 2.33 bits per heavy atom. The zero-order chi connectivity index (χ0) is 8.55. The van der Waals surface area contributed by atoms with Crippen LogP contribution in [0.3, 0.4) is 0 Å². The molecule has 4 heteroatoms. The van der Waals surface area contributed by atoms with E-state index < -0.39 is 0 Å². The zero-order valence-corrected chi connectivity index (χ0v) is 7.42. The first-order chi connectivity index (χ1) is 5.83. The Bertz CT molecular complexity index is 436. The van der Waals surface area contributed by atoms with Crippen LogP contribution in [0.4, 0.5) is 0 Å².